The van der Waals surface area contributed by atoms with Gasteiger partial charge in [-0.1, -0.05) is 19.9 Å². The fourth-order valence-electron chi connectivity index (χ4n) is 3.40. The number of amides is 1. The van der Waals surface area contributed by atoms with E-state index in [0.717, 1.165) is 56.2 Å². The van der Waals surface area contributed by atoms with Gasteiger partial charge in [0.1, 0.15) is 0 Å². The number of likely N-dealkylation sites (tertiary alicyclic amines) is 1. The fraction of sp³-hybridized carbons (Fsp3) is 0.632. The van der Waals surface area contributed by atoms with Crippen molar-refractivity contribution < 1.29 is 14.3 Å². The Kier molecular flexibility index (Phi) is 5.09. The summed E-state index contributed by atoms with van der Waals surface area (Å²) in [5.41, 5.74) is 1.31. The molecule has 23 heavy (non-hydrogen) atoms. The summed E-state index contributed by atoms with van der Waals surface area (Å²) in [4.78, 5) is 14.3. The Morgan fingerprint density at radius 3 is 2.74 bits per heavy atom. The first-order chi connectivity index (χ1) is 11.2. The van der Waals surface area contributed by atoms with E-state index in [9.17, 15) is 4.79 Å². The molecule has 1 fully saturated rings. The molecule has 2 aliphatic rings. The van der Waals surface area contributed by atoms with Crippen LogP contribution in [0.25, 0.3) is 0 Å². The molecular weight excluding hydrogens is 290 g/mol. The molecule has 0 bridgehead atoms. The van der Waals surface area contributed by atoms with Crippen molar-refractivity contribution in [3.63, 3.8) is 0 Å². The number of hydrogen-bond donors (Lipinski definition) is 0. The topological polar surface area (TPSA) is 38.8 Å². The number of hydrogen-bond acceptors (Lipinski definition) is 3. The van der Waals surface area contributed by atoms with Crippen LogP contribution in [0.15, 0.2) is 18.2 Å². The van der Waals surface area contributed by atoms with Gasteiger partial charge in [-0.05, 0) is 55.7 Å². The van der Waals surface area contributed by atoms with Crippen LogP contribution in [0, 0.1) is 11.8 Å². The van der Waals surface area contributed by atoms with Gasteiger partial charge in [-0.3, -0.25) is 4.79 Å². The molecule has 1 amide bonds. The van der Waals surface area contributed by atoms with Crippen LogP contribution in [0.2, 0.25) is 0 Å². The average Bonchev–Trinajstić information content (AvgIpc) is 3.06. The molecule has 0 N–H and O–H groups in total. The zero-order chi connectivity index (χ0) is 16.2. The van der Waals surface area contributed by atoms with Crippen LogP contribution < -0.4 is 9.47 Å². The number of rotatable bonds is 5. The Morgan fingerprint density at radius 2 is 2.00 bits per heavy atom. The van der Waals surface area contributed by atoms with E-state index in [1.807, 2.05) is 13.0 Å². The van der Waals surface area contributed by atoms with E-state index >= 15 is 0 Å². The summed E-state index contributed by atoms with van der Waals surface area (Å²) in [6, 6.07) is 6.24. The SMILES string of the molecule is CCC(C)C(=O)N1CCC(CCc2ccc3c(c2)OCO3)CC1. The molecule has 2 aliphatic heterocycles. The van der Waals surface area contributed by atoms with Gasteiger partial charge in [0.05, 0.1) is 0 Å². The van der Waals surface area contributed by atoms with Gasteiger partial charge in [0.15, 0.2) is 11.5 Å². The molecule has 4 heteroatoms. The summed E-state index contributed by atoms with van der Waals surface area (Å²) < 4.78 is 10.8. The lowest BCUT2D eigenvalue weighted by atomic mass is 9.90. The molecule has 4 nitrogen and oxygen atoms in total. The Bertz CT molecular complexity index is 550. The maximum Gasteiger partial charge on any atom is 0.231 e. The smallest absolute Gasteiger partial charge is 0.231 e. The third-order valence-electron chi connectivity index (χ3n) is 5.24. The summed E-state index contributed by atoms with van der Waals surface area (Å²) in [5, 5.41) is 0. The first-order valence-electron chi connectivity index (χ1n) is 8.84. The van der Waals surface area contributed by atoms with Crippen molar-refractivity contribution in [2.75, 3.05) is 19.9 Å². The molecule has 0 saturated carbocycles. The molecule has 126 valence electrons. The molecule has 1 aromatic carbocycles. The Hall–Kier alpha value is -1.71. The molecule has 0 spiro atoms. The number of piperidine rings is 1. The standard InChI is InChI=1S/C19H27NO3/c1-3-14(2)19(21)20-10-8-15(9-11-20)4-5-16-6-7-17-18(12-16)23-13-22-17/h6-7,12,14-15H,3-5,8-11,13H2,1-2H3. The molecule has 2 heterocycles. The van der Waals surface area contributed by atoms with Gasteiger partial charge in [0, 0.05) is 19.0 Å². The number of aryl methyl sites for hydroxylation is 1. The maximum atomic E-state index is 12.2. The molecule has 3 rings (SSSR count). The number of nitrogens with zero attached hydrogens (tertiary/aromatic N) is 1. The highest BCUT2D eigenvalue weighted by Crippen LogP contribution is 2.33. The van der Waals surface area contributed by atoms with Gasteiger partial charge >= 0.3 is 0 Å². The Labute approximate surface area is 138 Å². The molecule has 1 saturated heterocycles. The van der Waals surface area contributed by atoms with Crippen molar-refractivity contribution in [3.05, 3.63) is 23.8 Å². The predicted octanol–water partition coefficient (Wildman–Crippen LogP) is 3.63. The fourth-order valence-corrected chi connectivity index (χ4v) is 3.40. The minimum Gasteiger partial charge on any atom is -0.454 e. The Morgan fingerprint density at radius 1 is 1.26 bits per heavy atom. The van der Waals surface area contributed by atoms with Gasteiger partial charge in [0.25, 0.3) is 0 Å². The van der Waals surface area contributed by atoms with Gasteiger partial charge in [-0.15, -0.1) is 0 Å². The molecule has 1 aromatic rings. The van der Waals surface area contributed by atoms with E-state index in [2.05, 4.69) is 24.0 Å². The second kappa shape index (κ2) is 7.24. The van der Waals surface area contributed by atoms with E-state index in [1.165, 1.54) is 12.0 Å². The van der Waals surface area contributed by atoms with Crippen LogP contribution in [0.1, 0.15) is 45.1 Å². The second-order valence-electron chi connectivity index (χ2n) is 6.80. The zero-order valence-corrected chi connectivity index (χ0v) is 14.2. The van der Waals surface area contributed by atoms with Crippen LogP contribution in [-0.2, 0) is 11.2 Å². The molecule has 1 unspecified atom stereocenters. The number of carbonyl (C=O) groups excluding carboxylic acids is 1. The summed E-state index contributed by atoms with van der Waals surface area (Å²) in [6.45, 7) is 6.31. The van der Waals surface area contributed by atoms with Crippen molar-refractivity contribution in [1.82, 2.24) is 4.90 Å². The number of ether oxygens (including phenoxy) is 2. The highest BCUT2D eigenvalue weighted by Gasteiger charge is 2.25. The number of fused-ring (bicyclic) bond motifs is 1. The van der Waals surface area contributed by atoms with Crippen molar-refractivity contribution in [2.24, 2.45) is 11.8 Å². The van der Waals surface area contributed by atoms with Gasteiger partial charge in [-0.2, -0.15) is 0 Å². The van der Waals surface area contributed by atoms with E-state index in [1.54, 1.807) is 0 Å². The van der Waals surface area contributed by atoms with Gasteiger partial charge < -0.3 is 14.4 Å². The van der Waals surface area contributed by atoms with E-state index in [-0.39, 0.29) is 5.92 Å². The molecule has 0 aliphatic carbocycles. The minimum atomic E-state index is 0.167. The minimum absolute atomic E-state index is 0.167. The Balaban J connectivity index is 1.45. The molecular formula is C19H27NO3. The predicted molar refractivity (Wildman–Crippen MR) is 89.6 cm³/mol. The highest BCUT2D eigenvalue weighted by molar-refractivity contribution is 5.78. The maximum absolute atomic E-state index is 12.2. The van der Waals surface area contributed by atoms with Crippen molar-refractivity contribution >= 4 is 5.91 Å². The lowest BCUT2D eigenvalue weighted by Gasteiger charge is -2.33. The normalized spacial score (nSPS) is 19.0. The summed E-state index contributed by atoms with van der Waals surface area (Å²) >= 11 is 0. The van der Waals surface area contributed by atoms with Crippen LogP contribution in [0.3, 0.4) is 0 Å². The first kappa shape index (κ1) is 16.2. The van der Waals surface area contributed by atoms with Crippen LogP contribution in [0.4, 0.5) is 0 Å². The zero-order valence-electron chi connectivity index (χ0n) is 14.2. The molecule has 0 aromatic heterocycles. The second-order valence-corrected chi connectivity index (χ2v) is 6.80. The summed E-state index contributed by atoms with van der Waals surface area (Å²) in [7, 11) is 0. The van der Waals surface area contributed by atoms with E-state index < -0.39 is 0 Å². The third kappa shape index (κ3) is 3.80. The quantitative estimate of drug-likeness (QED) is 0.832. The van der Waals surface area contributed by atoms with Crippen molar-refractivity contribution in [3.8, 4) is 11.5 Å². The lowest BCUT2D eigenvalue weighted by Crippen LogP contribution is -2.41. The monoisotopic (exact) mass is 317 g/mol. The third-order valence-corrected chi connectivity index (χ3v) is 5.24. The number of benzene rings is 1. The van der Waals surface area contributed by atoms with Gasteiger partial charge in [0.2, 0.25) is 12.7 Å². The van der Waals surface area contributed by atoms with Gasteiger partial charge in [-0.25, -0.2) is 0 Å². The summed E-state index contributed by atoms with van der Waals surface area (Å²) in [5.74, 6) is 2.95. The summed E-state index contributed by atoms with van der Waals surface area (Å²) in [6.07, 6.45) is 5.45. The van der Waals surface area contributed by atoms with Crippen LogP contribution >= 0.6 is 0 Å². The average molecular weight is 317 g/mol. The van der Waals surface area contributed by atoms with E-state index in [0.29, 0.717) is 12.7 Å². The lowest BCUT2D eigenvalue weighted by molar-refractivity contribution is -0.136. The molecule has 1 atom stereocenters. The van der Waals surface area contributed by atoms with Crippen LogP contribution in [0.5, 0.6) is 11.5 Å². The van der Waals surface area contributed by atoms with Crippen molar-refractivity contribution in [1.29, 1.82) is 0 Å². The molecule has 0 radical (unpaired) electrons. The highest BCUT2D eigenvalue weighted by atomic mass is 16.7. The van der Waals surface area contributed by atoms with E-state index in [4.69, 9.17) is 9.47 Å². The van der Waals surface area contributed by atoms with Crippen molar-refractivity contribution in [2.45, 2.75) is 46.0 Å². The van der Waals surface area contributed by atoms with Crippen LogP contribution in [-0.4, -0.2) is 30.7 Å². The first-order valence-corrected chi connectivity index (χ1v) is 8.84. The number of carbonyl (C=O) groups is 1. The largest absolute Gasteiger partial charge is 0.454 e.